The van der Waals surface area contributed by atoms with E-state index in [4.69, 9.17) is 0 Å². The molecule has 0 unspecified atom stereocenters. The van der Waals surface area contributed by atoms with Crippen LogP contribution in [0.4, 0.5) is 0 Å². The zero-order chi connectivity index (χ0) is 5.66. The molecule has 1 aliphatic rings. The fourth-order valence-electron chi connectivity index (χ4n) is 0.513. The van der Waals surface area contributed by atoms with Gasteiger partial charge in [0, 0.05) is 19.8 Å². The van der Waals surface area contributed by atoms with E-state index in [2.05, 4.69) is 0 Å². The third-order valence-electron chi connectivity index (χ3n) is 0.889. The molecule has 0 atom stereocenters. The molecule has 0 aromatic heterocycles. The number of allylic oxidation sites excluding steroid dienone is 8. The Bertz CT molecular complexity index is 113. The topological polar surface area (TPSA) is 0 Å². The molecule has 0 aromatic carbocycles. The van der Waals surface area contributed by atoms with Gasteiger partial charge >= 0.3 is 0 Å². The van der Waals surface area contributed by atoms with E-state index < -0.39 is 0 Å². The standard InChI is InChI=1S/C8H8.2ClH.Os/c1-2-4-6-8-7-5-3-1;;;/h1-8H;2*1H;/b2-1-,3-1?,4-2?,5-3-,6-4?,7-5?,8-6?,8-7?;;;. The van der Waals surface area contributed by atoms with Gasteiger partial charge in [0.2, 0.25) is 0 Å². The van der Waals surface area contributed by atoms with Crippen LogP contribution in [-0.4, -0.2) is 0 Å². The molecule has 0 heterocycles. The molecule has 0 amide bonds. The number of hydrogen-bond donors (Lipinski definition) is 0. The summed E-state index contributed by atoms with van der Waals surface area (Å²) in [5.74, 6) is 0. The van der Waals surface area contributed by atoms with Crippen molar-refractivity contribution in [1.29, 1.82) is 0 Å². The Morgan fingerprint density at radius 2 is 0.455 bits per heavy atom. The second-order valence-electron chi connectivity index (χ2n) is 1.54. The van der Waals surface area contributed by atoms with Gasteiger partial charge in [-0.25, -0.2) is 0 Å². The summed E-state index contributed by atoms with van der Waals surface area (Å²) >= 11 is 0. The zero-order valence-electron chi connectivity index (χ0n) is 5.79. The maximum Gasteiger partial charge on any atom is 0 e. The molecule has 0 saturated heterocycles. The summed E-state index contributed by atoms with van der Waals surface area (Å²) in [6.45, 7) is 0. The van der Waals surface area contributed by atoms with Crippen LogP contribution in [0.5, 0.6) is 0 Å². The first kappa shape index (κ1) is 17.3. The first-order valence-electron chi connectivity index (χ1n) is 2.67. The van der Waals surface area contributed by atoms with Crippen molar-refractivity contribution in [3.8, 4) is 0 Å². The second-order valence-corrected chi connectivity index (χ2v) is 1.54. The molecule has 0 aliphatic heterocycles. The fraction of sp³-hybridized carbons (Fsp3) is 0. The maximum absolute atomic E-state index is 2.00. The molecular weight excluding hydrogens is 357 g/mol. The molecule has 3 heteroatoms. The molecule has 1 rings (SSSR count). The minimum absolute atomic E-state index is 0. The Morgan fingerprint density at radius 3 is 0.545 bits per heavy atom. The summed E-state index contributed by atoms with van der Waals surface area (Å²) in [5, 5.41) is 0. The van der Waals surface area contributed by atoms with Gasteiger partial charge in [-0.05, 0) is 0 Å². The smallest absolute Gasteiger partial charge is 0 e. The molecule has 0 fully saturated rings. The van der Waals surface area contributed by atoms with E-state index in [0.29, 0.717) is 0 Å². The van der Waals surface area contributed by atoms with Crippen molar-refractivity contribution < 1.29 is 19.8 Å². The Morgan fingerprint density at radius 1 is 0.364 bits per heavy atom. The molecule has 0 bridgehead atoms. The van der Waals surface area contributed by atoms with Crippen molar-refractivity contribution >= 4 is 24.8 Å². The van der Waals surface area contributed by atoms with E-state index in [1.54, 1.807) is 0 Å². The van der Waals surface area contributed by atoms with Gasteiger partial charge in [0.05, 0.1) is 0 Å². The van der Waals surface area contributed by atoms with Crippen LogP contribution in [0, 0.1) is 0 Å². The van der Waals surface area contributed by atoms with Crippen LogP contribution in [0.2, 0.25) is 0 Å². The predicted octanol–water partition coefficient (Wildman–Crippen LogP) is 3.07. The second kappa shape index (κ2) is 12.8. The zero-order valence-corrected chi connectivity index (χ0v) is 9.96. The Balaban J connectivity index is -0.000000213. The largest absolute Gasteiger partial charge is 0.147 e. The van der Waals surface area contributed by atoms with Gasteiger partial charge in [-0.1, -0.05) is 48.6 Å². The van der Waals surface area contributed by atoms with Gasteiger partial charge in [0.25, 0.3) is 0 Å². The van der Waals surface area contributed by atoms with Crippen LogP contribution in [0.25, 0.3) is 0 Å². The van der Waals surface area contributed by atoms with E-state index in [-0.39, 0.29) is 44.6 Å². The summed E-state index contributed by atoms with van der Waals surface area (Å²) in [4.78, 5) is 0. The molecule has 0 radical (unpaired) electrons. The Kier molecular flexibility index (Phi) is 20.2. The molecule has 0 spiro atoms. The van der Waals surface area contributed by atoms with Crippen LogP contribution in [0.15, 0.2) is 48.6 Å². The van der Waals surface area contributed by atoms with Crippen molar-refractivity contribution in [3.63, 3.8) is 0 Å². The van der Waals surface area contributed by atoms with E-state index in [0.717, 1.165) is 0 Å². The van der Waals surface area contributed by atoms with Crippen molar-refractivity contribution in [2.75, 3.05) is 0 Å². The predicted molar refractivity (Wildman–Crippen MR) is 51.1 cm³/mol. The minimum atomic E-state index is 0. The van der Waals surface area contributed by atoms with E-state index in [1.165, 1.54) is 0 Å². The molecule has 0 aromatic rings. The first-order chi connectivity index (χ1) is 4.00. The molecule has 11 heavy (non-hydrogen) atoms. The summed E-state index contributed by atoms with van der Waals surface area (Å²) in [6, 6.07) is 0. The average molecular weight is 367 g/mol. The molecule has 0 saturated carbocycles. The first-order valence-corrected chi connectivity index (χ1v) is 2.67. The number of halogens is 2. The Hall–Kier alpha value is 0.176. The van der Waals surface area contributed by atoms with Crippen LogP contribution in [-0.2, 0) is 19.8 Å². The van der Waals surface area contributed by atoms with Crippen molar-refractivity contribution in [3.05, 3.63) is 48.6 Å². The van der Waals surface area contributed by atoms with Crippen LogP contribution >= 0.6 is 24.8 Å². The van der Waals surface area contributed by atoms with Crippen molar-refractivity contribution in [1.82, 2.24) is 0 Å². The van der Waals surface area contributed by atoms with Crippen molar-refractivity contribution in [2.45, 2.75) is 0 Å². The normalized spacial score (nSPS) is 17.5. The van der Waals surface area contributed by atoms with Gasteiger partial charge in [-0.15, -0.1) is 24.8 Å². The van der Waals surface area contributed by atoms with Gasteiger partial charge in [-0.2, -0.15) is 0 Å². The number of hydrogen-bond acceptors (Lipinski definition) is 0. The van der Waals surface area contributed by atoms with Gasteiger partial charge in [0.1, 0.15) is 0 Å². The molecule has 0 nitrogen and oxygen atoms in total. The van der Waals surface area contributed by atoms with Crippen molar-refractivity contribution in [2.24, 2.45) is 0 Å². The average Bonchev–Trinajstić information content (AvgIpc) is 1.62. The minimum Gasteiger partial charge on any atom is -0.147 e. The quantitative estimate of drug-likeness (QED) is 0.617. The Labute approximate surface area is 93.0 Å². The van der Waals surface area contributed by atoms with Gasteiger partial charge in [-0.3, -0.25) is 0 Å². The third-order valence-corrected chi connectivity index (χ3v) is 0.889. The van der Waals surface area contributed by atoms with Crippen LogP contribution in [0.1, 0.15) is 0 Å². The summed E-state index contributed by atoms with van der Waals surface area (Å²) in [5.41, 5.74) is 0. The van der Waals surface area contributed by atoms with Gasteiger partial charge in [0.15, 0.2) is 0 Å². The summed E-state index contributed by atoms with van der Waals surface area (Å²) in [7, 11) is 0. The van der Waals surface area contributed by atoms with Crippen LogP contribution in [0.3, 0.4) is 0 Å². The fourth-order valence-corrected chi connectivity index (χ4v) is 0.513. The third kappa shape index (κ3) is 10.2. The monoisotopic (exact) mass is 368 g/mol. The van der Waals surface area contributed by atoms with Gasteiger partial charge < -0.3 is 0 Å². The number of rotatable bonds is 0. The summed E-state index contributed by atoms with van der Waals surface area (Å²) < 4.78 is 0. The SMILES string of the molecule is C1=C/C=C\C=C/C=C1.Cl.Cl.[Os]. The molecular formula is C8H10Cl2Os. The van der Waals surface area contributed by atoms with E-state index >= 15 is 0 Å². The van der Waals surface area contributed by atoms with E-state index in [9.17, 15) is 0 Å². The summed E-state index contributed by atoms with van der Waals surface area (Å²) in [6.07, 6.45) is 16.0. The van der Waals surface area contributed by atoms with E-state index in [1.807, 2.05) is 48.6 Å². The maximum atomic E-state index is 2.00. The molecule has 64 valence electrons. The molecule has 0 N–H and O–H groups in total. The molecule has 1 aliphatic carbocycles. The van der Waals surface area contributed by atoms with Crippen LogP contribution < -0.4 is 0 Å².